The maximum Gasteiger partial charge on any atom is 0.409 e. The van der Waals surface area contributed by atoms with E-state index in [-0.39, 0.29) is 12.0 Å². The Kier molecular flexibility index (Phi) is 5.21. The molecule has 28 heavy (non-hydrogen) atoms. The molecule has 4 rings (SSSR count). The summed E-state index contributed by atoms with van der Waals surface area (Å²) in [6.07, 6.45) is 1.98. The van der Waals surface area contributed by atoms with Gasteiger partial charge in [0.1, 0.15) is 0 Å². The first-order valence-corrected chi connectivity index (χ1v) is 10.5. The summed E-state index contributed by atoms with van der Waals surface area (Å²) < 4.78 is 5.06. The molecule has 1 N–H and O–H groups in total. The number of nitrogens with zero attached hydrogens (tertiary/aromatic N) is 3. The average molecular weight is 401 g/mol. The molecule has 148 valence electrons. The minimum absolute atomic E-state index is 0.127. The molecule has 7 nitrogen and oxygen atoms in total. The number of fused-ring (bicyclic) bond motifs is 1. The highest BCUT2D eigenvalue weighted by molar-refractivity contribution is 7.14. The van der Waals surface area contributed by atoms with Crippen molar-refractivity contribution < 1.29 is 14.3 Å². The second kappa shape index (κ2) is 7.79. The first-order valence-electron chi connectivity index (χ1n) is 9.58. The Morgan fingerprint density at radius 3 is 2.89 bits per heavy atom. The van der Waals surface area contributed by atoms with Crippen molar-refractivity contribution in [3.8, 4) is 11.3 Å². The number of benzene rings is 1. The lowest BCUT2D eigenvalue weighted by Gasteiger charge is -2.31. The van der Waals surface area contributed by atoms with E-state index in [0.717, 1.165) is 40.5 Å². The van der Waals surface area contributed by atoms with Crippen LogP contribution in [-0.4, -0.2) is 54.7 Å². The zero-order chi connectivity index (χ0) is 19.7. The molecular formula is C20H24N4O3S. The zero-order valence-corrected chi connectivity index (χ0v) is 16.9. The molecule has 3 heterocycles. The number of aromatic nitrogens is 1. The Morgan fingerprint density at radius 1 is 1.36 bits per heavy atom. The van der Waals surface area contributed by atoms with Crippen LogP contribution in [0.15, 0.2) is 23.6 Å². The van der Waals surface area contributed by atoms with E-state index in [2.05, 4.69) is 11.4 Å². The van der Waals surface area contributed by atoms with E-state index in [9.17, 15) is 9.59 Å². The molecule has 0 aliphatic carbocycles. The van der Waals surface area contributed by atoms with Crippen molar-refractivity contribution >= 4 is 34.2 Å². The van der Waals surface area contributed by atoms with E-state index < -0.39 is 0 Å². The number of thiazole rings is 1. The average Bonchev–Trinajstić information content (AvgIpc) is 3.27. The predicted molar refractivity (Wildman–Crippen MR) is 110 cm³/mol. The molecule has 2 aromatic rings. The Balaban J connectivity index is 1.38. The van der Waals surface area contributed by atoms with E-state index in [1.165, 1.54) is 0 Å². The van der Waals surface area contributed by atoms with Gasteiger partial charge in [-0.3, -0.25) is 4.79 Å². The highest BCUT2D eigenvalue weighted by atomic mass is 32.1. The predicted octanol–water partition coefficient (Wildman–Crippen LogP) is 3.36. The molecule has 0 atom stereocenters. The molecule has 1 fully saturated rings. The largest absolute Gasteiger partial charge is 0.450 e. The number of carbonyl (C=O) groups is 2. The van der Waals surface area contributed by atoms with Gasteiger partial charge < -0.3 is 19.9 Å². The molecule has 0 radical (unpaired) electrons. The Hall–Kier alpha value is -2.61. The van der Waals surface area contributed by atoms with Gasteiger partial charge >= 0.3 is 6.09 Å². The van der Waals surface area contributed by atoms with E-state index in [4.69, 9.17) is 9.72 Å². The number of likely N-dealkylation sites (N-methyl/N-ethyl adjacent to an activating group) is 1. The molecule has 0 spiro atoms. The van der Waals surface area contributed by atoms with Crippen molar-refractivity contribution in [2.24, 2.45) is 0 Å². The van der Waals surface area contributed by atoms with Crippen LogP contribution >= 0.6 is 11.3 Å². The van der Waals surface area contributed by atoms with Gasteiger partial charge in [0, 0.05) is 42.8 Å². The van der Waals surface area contributed by atoms with E-state index in [1.54, 1.807) is 21.1 Å². The van der Waals surface area contributed by atoms with Crippen LogP contribution in [0.1, 0.15) is 25.3 Å². The molecule has 2 amide bonds. The first kappa shape index (κ1) is 18.7. The van der Waals surface area contributed by atoms with Crippen LogP contribution < -0.4 is 10.2 Å². The smallest absolute Gasteiger partial charge is 0.409 e. The normalized spacial score (nSPS) is 17.0. The van der Waals surface area contributed by atoms with E-state index in [0.29, 0.717) is 32.2 Å². The Bertz CT molecular complexity index is 889. The monoisotopic (exact) mass is 400 g/mol. The summed E-state index contributed by atoms with van der Waals surface area (Å²) in [6, 6.07) is 6.38. The number of amides is 2. The summed E-state index contributed by atoms with van der Waals surface area (Å²) in [6.45, 7) is 3.62. The lowest BCUT2D eigenvalue weighted by Crippen LogP contribution is -2.42. The van der Waals surface area contributed by atoms with Crippen molar-refractivity contribution in [1.29, 1.82) is 0 Å². The van der Waals surface area contributed by atoms with E-state index in [1.807, 2.05) is 31.5 Å². The maximum atomic E-state index is 11.9. The Morgan fingerprint density at radius 2 is 2.14 bits per heavy atom. The second-order valence-corrected chi connectivity index (χ2v) is 7.97. The van der Waals surface area contributed by atoms with Crippen LogP contribution in [-0.2, 0) is 16.0 Å². The second-order valence-electron chi connectivity index (χ2n) is 7.12. The van der Waals surface area contributed by atoms with Crippen LogP contribution in [0, 0.1) is 0 Å². The summed E-state index contributed by atoms with van der Waals surface area (Å²) in [5.74, 6) is 0.127. The number of nitrogens with one attached hydrogen (secondary N) is 1. The Labute approximate surface area is 168 Å². The summed E-state index contributed by atoms with van der Waals surface area (Å²) in [5, 5.41) is 6.42. The number of hydrogen-bond donors (Lipinski definition) is 1. The number of likely N-dealkylation sites (tertiary alicyclic amines) is 1. The highest BCUT2D eigenvalue weighted by Crippen LogP contribution is 2.33. The fourth-order valence-electron chi connectivity index (χ4n) is 3.70. The highest BCUT2D eigenvalue weighted by Gasteiger charge is 2.25. The first-order chi connectivity index (χ1) is 13.5. The number of ether oxygens (including phenoxy) is 1. The molecule has 2 aliphatic rings. The lowest BCUT2D eigenvalue weighted by molar-refractivity contribution is -0.117. The maximum absolute atomic E-state index is 11.9. The topological polar surface area (TPSA) is 74.8 Å². The molecule has 2 aliphatic heterocycles. The third kappa shape index (κ3) is 3.69. The molecule has 1 aromatic carbocycles. The number of anilines is 2. The van der Waals surface area contributed by atoms with Gasteiger partial charge in [0.25, 0.3) is 0 Å². The standard InChI is InChI=1S/C20H24N4O3S/c1-3-27-20(26)24-8-6-15(7-9-24)21-19-22-16(12-28-19)13-4-5-17-14(10-13)11-18(25)23(17)2/h4-5,10,12,15H,3,6-9,11H2,1-2H3,(H,21,22). The van der Waals surface area contributed by atoms with Crippen molar-refractivity contribution in [3.63, 3.8) is 0 Å². The summed E-state index contributed by atoms with van der Waals surface area (Å²) in [7, 11) is 1.81. The van der Waals surface area contributed by atoms with E-state index >= 15 is 0 Å². The molecule has 0 unspecified atom stereocenters. The van der Waals surface area contributed by atoms with Crippen LogP contribution in [0.5, 0.6) is 0 Å². The molecule has 8 heteroatoms. The van der Waals surface area contributed by atoms with Gasteiger partial charge in [-0.1, -0.05) is 6.07 Å². The quantitative estimate of drug-likeness (QED) is 0.852. The minimum atomic E-state index is -0.224. The van der Waals surface area contributed by atoms with Crippen molar-refractivity contribution in [1.82, 2.24) is 9.88 Å². The minimum Gasteiger partial charge on any atom is -0.450 e. The fourth-order valence-corrected chi connectivity index (χ4v) is 4.50. The summed E-state index contributed by atoms with van der Waals surface area (Å²) in [5.41, 5.74) is 3.99. The number of rotatable bonds is 4. The van der Waals surface area contributed by atoms with Crippen molar-refractivity contribution in [2.45, 2.75) is 32.2 Å². The molecule has 0 bridgehead atoms. The molecule has 0 saturated carbocycles. The van der Waals surface area contributed by atoms with Gasteiger partial charge in [0.15, 0.2) is 5.13 Å². The van der Waals surface area contributed by atoms with Crippen LogP contribution in [0.4, 0.5) is 15.6 Å². The van der Waals surface area contributed by atoms with Gasteiger partial charge in [-0.25, -0.2) is 9.78 Å². The van der Waals surface area contributed by atoms with Crippen LogP contribution in [0.25, 0.3) is 11.3 Å². The summed E-state index contributed by atoms with van der Waals surface area (Å²) in [4.78, 5) is 31.9. The molecule has 1 aromatic heterocycles. The lowest BCUT2D eigenvalue weighted by atomic mass is 10.1. The van der Waals surface area contributed by atoms with Gasteiger partial charge in [0.05, 0.1) is 18.7 Å². The van der Waals surface area contributed by atoms with Gasteiger partial charge in [0.2, 0.25) is 5.91 Å². The van der Waals surface area contributed by atoms with Crippen LogP contribution in [0.2, 0.25) is 0 Å². The fraction of sp³-hybridized carbons (Fsp3) is 0.450. The van der Waals surface area contributed by atoms with Crippen LogP contribution in [0.3, 0.4) is 0 Å². The van der Waals surface area contributed by atoms with Gasteiger partial charge in [-0.05, 0) is 37.5 Å². The van der Waals surface area contributed by atoms with Crippen molar-refractivity contribution in [2.75, 3.05) is 37.0 Å². The third-order valence-corrected chi connectivity index (χ3v) is 6.08. The van der Waals surface area contributed by atoms with Gasteiger partial charge in [-0.15, -0.1) is 11.3 Å². The molecule has 1 saturated heterocycles. The number of carbonyl (C=O) groups excluding carboxylic acids is 2. The SMILES string of the molecule is CCOC(=O)N1CCC(Nc2nc(-c3ccc4c(c3)CC(=O)N4C)cs2)CC1. The molecular weight excluding hydrogens is 376 g/mol. The number of hydrogen-bond acceptors (Lipinski definition) is 6. The van der Waals surface area contributed by atoms with Gasteiger partial charge in [-0.2, -0.15) is 0 Å². The zero-order valence-electron chi connectivity index (χ0n) is 16.1. The third-order valence-electron chi connectivity index (χ3n) is 5.31. The van der Waals surface area contributed by atoms with Crippen molar-refractivity contribution in [3.05, 3.63) is 29.1 Å². The number of piperidine rings is 1. The summed E-state index contributed by atoms with van der Waals surface area (Å²) >= 11 is 1.58.